The predicted molar refractivity (Wildman–Crippen MR) is 111 cm³/mol. The van der Waals surface area contributed by atoms with Crippen LogP contribution in [0.5, 0.6) is 11.5 Å². The molecule has 0 radical (unpaired) electrons. The van der Waals surface area contributed by atoms with Crippen LogP contribution in [0.3, 0.4) is 0 Å². The van der Waals surface area contributed by atoms with Crippen LogP contribution in [0.25, 0.3) is 0 Å². The number of fused-ring (bicyclic) bond motifs is 1. The molecule has 4 heteroatoms. The first-order chi connectivity index (χ1) is 14.2. The highest BCUT2D eigenvalue weighted by Gasteiger charge is 2.33. The zero-order chi connectivity index (χ0) is 20.2. The van der Waals surface area contributed by atoms with Crippen molar-refractivity contribution in [1.29, 1.82) is 0 Å². The van der Waals surface area contributed by atoms with E-state index in [9.17, 15) is 9.90 Å². The summed E-state index contributed by atoms with van der Waals surface area (Å²) in [6, 6.07) is 23.7. The molecule has 1 N–H and O–H groups in total. The van der Waals surface area contributed by atoms with Crippen LogP contribution < -0.4 is 4.74 Å². The average molecular weight is 388 g/mol. The van der Waals surface area contributed by atoms with Gasteiger partial charge in [0.25, 0.3) is 0 Å². The molecule has 0 fully saturated rings. The van der Waals surface area contributed by atoms with Crippen LogP contribution in [0.2, 0.25) is 0 Å². The lowest BCUT2D eigenvalue weighted by atomic mass is 9.75. The molecule has 0 saturated carbocycles. The van der Waals surface area contributed by atoms with Crippen molar-refractivity contribution in [3.63, 3.8) is 0 Å². The molecule has 0 bridgehead atoms. The normalized spacial score (nSPS) is 17.8. The van der Waals surface area contributed by atoms with Gasteiger partial charge in [-0.25, -0.2) is 0 Å². The van der Waals surface area contributed by atoms with E-state index in [2.05, 4.69) is 24.3 Å². The maximum Gasteiger partial charge on any atom is 0.310 e. The lowest BCUT2D eigenvalue weighted by Gasteiger charge is -2.34. The second-order valence-corrected chi connectivity index (χ2v) is 7.25. The highest BCUT2D eigenvalue weighted by atomic mass is 16.5. The van der Waals surface area contributed by atoms with E-state index in [1.165, 1.54) is 5.56 Å². The molecule has 3 aromatic rings. The van der Waals surface area contributed by atoms with Crippen molar-refractivity contribution >= 4 is 5.97 Å². The number of carbonyl (C=O) groups excluding carboxylic acids is 1. The molecule has 0 spiro atoms. The minimum atomic E-state index is -0.219. The van der Waals surface area contributed by atoms with Gasteiger partial charge >= 0.3 is 5.97 Å². The summed E-state index contributed by atoms with van der Waals surface area (Å²) >= 11 is 0. The molecular weight excluding hydrogens is 364 g/mol. The number of carbonyl (C=O) groups is 1. The molecular formula is C25H24O4. The van der Waals surface area contributed by atoms with Gasteiger partial charge in [0.2, 0.25) is 0 Å². The Morgan fingerprint density at radius 3 is 2.52 bits per heavy atom. The summed E-state index contributed by atoms with van der Waals surface area (Å²) in [6.07, 6.45) is 0.265. The topological polar surface area (TPSA) is 55.8 Å². The van der Waals surface area contributed by atoms with Gasteiger partial charge in [0.15, 0.2) is 0 Å². The molecule has 4 nitrogen and oxygen atoms in total. The minimum Gasteiger partial charge on any atom is -0.508 e. The molecule has 1 aliphatic heterocycles. The second-order valence-electron chi connectivity index (χ2n) is 7.25. The Bertz CT molecular complexity index is 979. The summed E-state index contributed by atoms with van der Waals surface area (Å²) in [4.78, 5) is 11.8. The molecule has 29 heavy (non-hydrogen) atoms. The number of hydrogen-bond acceptors (Lipinski definition) is 4. The Hall–Kier alpha value is -3.27. The summed E-state index contributed by atoms with van der Waals surface area (Å²) in [6.45, 7) is 2.76. The standard InChI is InChI=1S/C25H24O4/c1-2-28-24(27)14-17-8-10-19(11-9-17)25-21-15-20(26)12-13-23(21)29-16-22(25)18-6-4-3-5-7-18/h3-13,15,22,25-26H,2,14,16H2,1H3/t22-,25-/m0/s1. The molecule has 3 aromatic carbocycles. The van der Waals surface area contributed by atoms with Gasteiger partial charge in [-0.3, -0.25) is 4.79 Å². The molecule has 0 saturated heterocycles. The summed E-state index contributed by atoms with van der Waals surface area (Å²) in [5.74, 6) is 0.982. The van der Waals surface area contributed by atoms with E-state index in [-0.39, 0.29) is 30.0 Å². The molecule has 2 atom stereocenters. The van der Waals surface area contributed by atoms with Crippen LogP contribution in [0.15, 0.2) is 72.8 Å². The number of aromatic hydroxyl groups is 1. The van der Waals surface area contributed by atoms with Crippen molar-refractivity contribution in [3.8, 4) is 11.5 Å². The predicted octanol–water partition coefficient (Wildman–Crippen LogP) is 4.81. The Kier molecular flexibility index (Phi) is 5.52. The Morgan fingerprint density at radius 1 is 1.03 bits per heavy atom. The van der Waals surface area contributed by atoms with Crippen LogP contribution in [0.4, 0.5) is 0 Å². The number of ether oxygens (including phenoxy) is 2. The zero-order valence-electron chi connectivity index (χ0n) is 16.4. The van der Waals surface area contributed by atoms with Gasteiger partial charge in [-0.05, 0) is 41.8 Å². The fourth-order valence-corrected chi connectivity index (χ4v) is 4.03. The number of phenolic OH excluding ortho intramolecular Hbond substituents is 1. The van der Waals surface area contributed by atoms with E-state index in [0.29, 0.717) is 13.2 Å². The molecule has 4 rings (SSSR count). The second kappa shape index (κ2) is 8.39. The van der Waals surface area contributed by atoms with E-state index in [4.69, 9.17) is 9.47 Å². The fraction of sp³-hybridized carbons (Fsp3) is 0.240. The number of rotatable bonds is 5. The molecule has 0 unspecified atom stereocenters. The molecule has 0 aliphatic carbocycles. The number of benzene rings is 3. The first kappa shape index (κ1) is 19.1. The third-order valence-corrected chi connectivity index (χ3v) is 5.37. The first-order valence-corrected chi connectivity index (χ1v) is 9.91. The van der Waals surface area contributed by atoms with Crippen LogP contribution in [-0.2, 0) is 16.0 Å². The van der Waals surface area contributed by atoms with Crippen molar-refractivity contribution < 1.29 is 19.4 Å². The van der Waals surface area contributed by atoms with Gasteiger partial charge in [0, 0.05) is 17.4 Å². The van der Waals surface area contributed by atoms with Crippen LogP contribution in [0, 0.1) is 0 Å². The molecule has 148 valence electrons. The van der Waals surface area contributed by atoms with Gasteiger partial charge in [-0.1, -0.05) is 54.6 Å². The third-order valence-electron chi connectivity index (χ3n) is 5.37. The Morgan fingerprint density at radius 2 is 1.79 bits per heavy atom. The van der Waals surface area contributed by atoms with E-state index in [0.717, 1.165) is 22.4 Å². The van der Waals surface area contributed by atoms with E-state index in [1.54, 1.807) is 12.1 Å². The average Bonchev–Trinajstić information content (AvgIpc) is 2.74. The maximum absolute atomic E-state index is 11.8. The van der Waals surface area contributed by atoms with Crippen LogP contribution in [-0.4, -0.2) is 24.3 Å². The number of hydrogen-bond donors (Lipinski definition) is 1. The van der Waals surface area contributed by atoms with Crippen molar-refractivity contribution in [3.05, 3.63) is 95.1 Å². The summed E-state index contributed by atoms with van der Waals surface area (Å²) in [5, 5.41) is 10.1. The SMILES string of the molecule is CCOC(=O)Cc1ccc([C@H]2c3cc(O)ccc3OC[C@H]2c2ccccc2)cc1. The van der Waals surface area contributed by atoms with Crippen molar-refractivity contribution in [1.82, 2.24) is 0 Å². The van der Waals surface area contributed by atoms with E-state index >= 15 is 0 Å². The van der Waals surface area contributed by atoms with Gasteiger partial charge in [0.1, 0.15) is 11.5 Å². The first-order valence-electron chi connectivity index (χ1n) is 9.91. The molecule has 1 heterocycles. The number of esters is 1. The van der Waals surface area contributed by atoms with Gasteiger partial charge in [-0.2, -0.15) is 0 Å². The highest BCUT2D eigenvalue weighted by molar-refractivity contribution is 5.72. The third kappa shape index (κ3) is 4.11. The molecule has 1 aliphatic rings. The van der Waals surface area contributed by atoms with Gasteiger partial charge < -0.3 is 14.6 Å². The summed E-state index contributed by atoms with van der Waals surface area (Å²) in [7, 11) is 0. The van der Waals surface area contributed by atoms with Gasteiger partial charge in [0.05, 0.1) is 19.6 Å². The smallest absolute Gasteiger partial charge is 0.310 e. The highest BCUT2D eigenvalue weighted by Crippen LogP contribution is 2.46. The quantitative estimate of drug-likeness (QED) is 0.638. The monoisotopic (exact) mass is 388 g/mol. The summed E-state index contributed by atoms with van der Waals surface area (Å²) in [5.41, 5.74) is 4.22. The maximum atomic E-state index is 11.8. The van der Waals surface area contributed by atoms with E-state index < -0.39 is 0 Å². The zero-order valence-corrected chi connectivity index (χ0v) is 16.4. The lowest BCUT2D eigenvalue weighted by molar-refractivity contribution is -0.142. The van der Waals surface area contributed by atoms with Crippen molar-refractivity contribution in [2.75, 3.05) is 13.2 Å². The van der Waals surface area contributed by atoms with Gasteiger partial charge in [-0.15, -0.1) is 0 Å². The summed E-state index contributed by atoms with van der Waals surface area (Å²) < 4.78 is 11.1. The van der Waals surface area contributed by atoms with Crippen LogP contribution in [0.1, 0.15) is 41.0 Å². The van der Waals surface area contributed by atoms with Crippen molar-refractivity contribution in [2.45, 2.75) is 25.2 Å². The minimum absolute atomic E-state index is 0.0462. The number of phenols is 1. The van der Waals surface area contributed by atoms with Crippen LogP contribution >= 0.6 is 0 Å². The molecule has 0 amide bonds. The van der Waals surface area contributed by atoms with E-state index in [1.807, 2.05) is 43.3 Å². The molecule has 0 aromatic heterocycles. The lowest BCUT2D eigenvalue weighted by Crippen LogP contribution is -2.25. The van der Waals surface area contributed by atoms with Crippen molar-refractivity contribution in [2.24, 2.45) is 0 Å². The Balaban J connectivity index is 1.71. The fourth-order valence-electron chi connectivity index (χ4n) is 4.03. The Labute approximate surface area is 170 Å². The largest absolute Gasteiger partial charge is 0.508 e.